The minimum Gasteiger partial charge on any atom is -0.166 e. The Bertz CT molecular complexity index is 375. The second-order valence-corrected chi connectivity index (χ2v) is 4.62. The van der Waals surface area contributed by atoms with Crippen LogP contribution < -0.4 is 0 Å². The number of hydrogen-bond donors (Lipinski definition) is 0. The molecular weight excluding hydrogens is 213 g/mol. The summed E-state index contributed by atoms with van der Waals surface area (Å²) >= 11 is 0. The lowest BCUT2D eigenvalue weighted by atomic mass is 9.99. The lowest BCUT2D eigenvalue weighted by Crippen LogP contribution is -2.06. The molecule has 0 aliphatic heterocycles. The maximum atomic E-state index is 12.5. The van der Waals surface area contributed by atoms with Gasteiger partial charge in [0.05, 0.1) is 5.56 Å². The minimum atomic E-state index is -4.22. The zero-order valence-electron chi connectivity index (χ0n) is 9.27. The van der Waals surface area contributed by atoms with Crippen molar-refractivity contribution in [1.82, 2.24) is 0 Å². The molecule has 0 aromatic heterocycles. The molecule has 0 radical (unpaired) electrons. The largest absolute Gasteiger partial charge is 0.416 e. The van der Waals surface area contributed by atoms with Crippen LogP contribution in [0.1, 0.15) is 36.0 Å². The van der Waals surface area contributed by atoms with Crippen LogP contribution in [-0.4, -0.2) is 0 Å². The van der Waals surface area contributed by atoms with Gasteiger partial charge in [-0.25, -0.2) is 0 Å². The van der Waals surface area contributed by atoms with Gasteiger partial charge in [0, 0.05) is 0 Å². The topological polar surface area (TPSA) is 0 Å². The van der Waals surface area contributed by atoms with E-state index in [0.717, 1.165) is 36.0 Å². The first-order chi connectivity index (χ1) is 7.47. The Morgan fingerprint density at radius 3 is 2.50 bits per heavy atom. The van der Waals surface area contributed by atoms with E-state index in [9.17, 15) is 13.2 Å². The van der Waals surface area contributed by atoms with E-state index in [1.165, 1.54) is 18.9 Å². The summed E-state index contributed by atoms with van der Waals surface area (Å²) < 4.78 is 37.5. The summed E-state index contributed by atoms with van der Waals surface area (Å²) in [6.45, 7) is 1.88. The number of alkyl halides is 3. The average molecular weight is 228 g/mol. The van der Waals surface area contributed by atoms with Crippen LogP contribution in [0, 0.1) is 12.8 Å². The molecule has 1 aliphatic rings. The zero-order valence-corrected chi connectivity index (χ0v) is 9.27. The molecule has 0 atom stereocenters. The Balaban J connectivity index is 2.14. The summed E-state index contributed by atoms with van der Waals surface area (Å²) in [6.07, 6.45) is 0.0839. The third-order valence-corrected chi connectivity index (χ3v) is 3.20. The molecule has 2 rings (SSSR count). The van der Waals surface area contributed by atoms with Crippen LogP contribution in [0.25, 0.3) is 0 Å². The van der Waals surface area contributed by atoms with Gasteiger partial charge in [-0.3, -0.25) is 0 Å². The van der Waals surface area contributed by atoms with Gasteiger partial charge in [-0.15, -0.1) is 0 Å². The second-order valence-electron chi connectivity index (χ2n) is 4.62. The molecule has 0 spiro atoms. The van der Waals surface area contributed by atoms with E-state index in [1.54, 1.807) is 6.07 Å². The van der Waals surface area contributed by atoms with Gasteiger partial charge >= 0.3 is 6.18 Å². The molecule has 88 valence electrons. The highest BCUT2D eigenvalue weighted by atomic mass is 19.4. The van der Waals surface area contributed by atoms with Crippen molar-refractivity contribution in [3.05, 3.63) is 34.9 Å². The van der Waals surface area contributed by atoms with Gasteiger partial charge in [0.15, 0.2) is 0 Å². The fourth-order valence-corrected chi connectivity index (χ4v) is 1.88. The van der Waals surface area contributed by atoms with E-state index in [-0.39, 0.29) is 0 Å². The van der Waals surface area contributed by atoms with Crippen molar-refractivity contribution < 1.29 is 13.2 Å². The number of rotatable bonds is 3. The molecule has 3 heteroatoms. The van der Waals surface area contributed by atoms with Crippen molar-refractivity contribution in [2.75, 3.05) is 0 Å². The molecule has 0 unspecified atom stereocenters. The van der Waals surface area contributed by atoms with Crippen LogP contribution in [0.3, 0.4) is 0 Å². The van der Waals surface area contributed by atoms with Crippen molar-refractivity contribution >= 4 is 0 Å². The lowest BCUT2D eigenvalue weighted by molar-refractivity contribution is -0.137. The summed E-state index contributed by atoms with van der Waals surface area (Å²) in [6, 6.07) is 4.04. The number of aryl methyl sites for hydroxylation is 2. The summed E-state index contributed by atoms with van der Waals surface area (Å²) in [5.74, 6) is 0.758. The highest BCUT2D eigenvalue weighted by Gasteiger charge is 2.30. The van der Waals surface area contributed by atoms with Crippen LogP contribution in [0.4, 0.5) is 13.2 Å². The lowest BCUT2D eigenvalue weighted by Gasteiger charge is -2.11. The normalized spacial score (nSPS) is 16.5. The number of halogens is 3. The van der Waals surface area contributed by atoms with Gasteiger partial charge in [-0.05, 0) is 48.9 Å². The SMILES string of the molecule is Cc1ccc(C(F)(F)F)cc1CCC1CC1. The van der Waals surface area contributed by atoms with Gasteiger partial charge in [0.1, 0.15) is 0 Å². The molecule has 0 amide bonds. The average Bonchev–Trinajstić information content (AvgIpc) is 2.98. The van der Waals surface area contributed by atoms with Crippen molar-refractivity contribution in [3.63, 3.8) is 0 Å². The number of benzene rings is 1. The van der Waals surface area contributed by atoms with Crippen LogP contribution in [0.15, 0.2) is 18.2 Å². The molecule has 0 bridgehead atoms. The fourth-order valence-electron chi connectivity index (χ4n) is 1.88. The van der Waals surface area contributed by atoms with Gasteiger partial charge in [0.2, 0.25) is 0 Å². The summed E-state index contributed by atoms with van der Waals surface area (Å²) in [5, 5.41) is 0. The summed E-state index contributed by atoms with van der Waals surface area (Å²) in [5.41, 5.74) is 1.29. The van der Waals surface area contributed by atoms with E-state index in [1.807, 2.05) is 6.92 Å². The molecule has 1 aromatic carbocycles. The molecular formula is C13H15F3. The van der Waals surface area contributed by atoms with E-state index >= 15 is 0 Å². The standard InChI is InChI=1S/C13H15F3/c1-9-2-7-12(13(14,15)16)8-11(9)6-5-10-3-4-10/h2,7-8,10H,3-6H2,1H3. The van der Waals surface area contributed by atoms with E-state index < -0.39 is 11.7 Å². The summed E-state index contributed by atoms with van der Waals surface area (Å²) in [4.78, 5) is 0. The van der Waals surface area contributed by atoms with Gasteiger partial charge in [-0.1, -0.05) is 18.9 Å². The maximum absolute atomic E-state index is 12.5. The Hall–Kier alpha value is -0.990. The first-order valence-electron chi connectivity index (χ1n) is 5.63. The molecule has 0 heterocycles. The van der Waals surface area contributed by atoms with Crippen LogP contribution in [0.5, 0.6) is 0 Å². The molecule has 0 nitrogen and oxygen atoms in total. The molecule has 1 saturated carbocycles. The zero-order chi connectivity index (χ0) is 11.8. The predicted octanol–water partition coefficient (Wildman–Crippen LogP) is 4.36. The van der Waals surface area contributed by atoms with E-state index in [4.69, 9.17) is 0 Å². The molecule has 0 saturated heterocycles. The third-order valence-electron chi connectivity index (χ3n) is 3.20. The Kier molecular flexibility index (Phi) is 2.96. The Labute approximate surface area is 93.5 Å². The van der Waals surface area contributed by atoms with Crippen molar-refractivity contribution in [3.8, 4) is 0 Å². The van der Waals surface area contributed by atoms with Gasteiger partial charge in [0.25, 0.3) is 0 Å². The van der Waals surface area contributed by atoms with Crippen LogP contribution >= 0.6 is 0 Å². The summed E-state index contributed by atoms with van der Waals surface area (Å²) in [7, 11) is 0. The predicted molar refractivity (Wildman–Crippen MR) is 57.2 cm³/mol. The third kappa shape index (κ3) is 2.77. The smallest absolute Gasteiger partial charge is 0.166 e. The number of hydrogen-bond acceptors (Lipinski definition) is 0. The Morgan fingerprint density at radius 1 is 1.25 bits per heavy atom. The van der Waals surface area contributed by atoms with E-state index in [2.05, 4.69) is 0 Å². The Morgan fingerprint density at radius 2 is 1.94 bits per heavy atom. The highest BCUT2D eigenvalue weighted by Crippen LogP contribution is 2.35. The molecule has 16 heavy (non-hydrogen) atoms. The first kappa shape index (κ1) is 11.5. The quantitative estimate of drug-likeness (QED) is 0.721. The first-order valence-corrected chi connectivity index (χ1v) is 5.63. The monoisotopic (exact) mass is 228 g/mol. The van der Waals surface area contributed by atoms with Gasteiger partial charge < -0.3 is 0 Å². The molecule has 0 N–H and O–H groups in total. The molecule has 1 fully saturated rings. The minimum absolute atomic E-state index is 0.524. The second kappa shape index (κ2) is 4.11. The fraction of sp³-hybridized carbons (Fsp3) is 0.538. The molecule has 1 aromatic rings. The maximum Gasteiger partial charge on any atom is 0.416 e. The molecule has 1 aliphatic carbocycles. The van der Waals surface area contributed by atoms with Crippen LogP contribution in [-0.2, 0) is 12.6 Å². The van der Waals surface area contributed by atoms with Crippen molar-refractivity contribution in [1.29, 1.82) is 0 Å². The van der Waals surface area contributed by atoms with Crippen LogP contribution in [0.2, 0.25) is 0 Å². The highest BCUT2D eigenvalue weighted by molar-refractivity contribution is 5.32. The van der Waals surface area contributed by atoms with E-state index in [0.29, 0.717) is 0 Å². The van der Waals surface area contributed by atoms with Crippen molar-refractivity contribution in [2.45, 2.75) is 38.8 Å². The van der Waals surface area contributed by atoms with Crippen molar-refractivity contribution in [2.24, 2.45) is 5.92 Å². The van der Waals surface area contributed by atoms with Gasteiger partial charge in [-0.2, -0.15) is 13.2 Å².